The van der Waals surface area contributed by atoms with Gasteiger partial charge in [-0.3, -0.25) is 4.90 Å². The number of likely N-dealkylation sites (tertiary alicyclic amines) is 1. The predicted molar refractivity (Wildman–Crippen MR) is 68.3 cm³/mol. The van der Waals surface area contributed by atoms with Crippen LogP contribution >= 0.6 is 0 Å². The number of aliphatic hydroxyl groups is 1. The van der Waals surface area contributed by atoms with Gasteiger partial charge in [0.05, 0.1) is 6.10 Å². The van der Waals surface area contributed by atoms with Crippen molar-refractivity contribution >= 4 is 0 Å². The largest absolute Gasteiger partial charge is 0.392 e. The molecule has 0 aliphatic carbocycles. The Labute approximate surface area is 100 Å². The zero-order valence-electron chi connectivity index (χ0n) is 11.2. The van der Waals surface area contributed by atoms with Crippen molar-refractivity contribution in [2.75, 3.05) is 13.1 Å². The van der Waals surface area contributed by atoms with E-state index in [1.807, 2.05) is 0 Å². The number of nitrogens with two attached hydrogens (primary N) is 1. The lowest BCUT2D eigenvalue weighted by molar-refractivity contribution is 0.00268. The summed E-state index contributed by atoms with van der Waals surface area (Å²) in [5, 5.41) is 9.77. The third-order valence-electron chi connectivity index (χ3n) is 3.59. The molecule has 1 rings (SSSR count). The van der Waals surface area contributed by atoms with E-state index in [2.05, 4.69) is 32.6 Å². The maximum absolute atomic E-state index is 9.77. The van der Waals surface area contributed by atoms with Crippen molar-refractivity contribution < 1.29 is 5.11 Å². The van der Waals surface area contributed by atoms with Crippen molar-refractivity contribution in [3.63, 3.8) is 0 Å². The summed E-state index contributed by atoms with van der Waals surface area (Å²) in [5.74, 6) is 0. The molecule has 0 spiro atoms. The summed E-state index contributed by atoms with van der Waals surface area (Å²) in [7, 11) is 0. The minimum Gasteiger partial charge on any atom is -0.392 e. The lowest BCUT2D eigenvalue weighted by Crippen LogP contribution is -2.57. The number of piperidine rings is 1. The van der Waals surface area contributed by atoms with Crippen molar-refractivity contribution in [3.05, 3.63) is 0 Å². The number of β-amino-alcohol motifs (C(OH)–C–C–N with tert-alkyl or cyclic N) is 1. The summed E-state index contributed by atoms with van der Waals surface area (Å²) < 4.78 is 0. The molecule has 1 fully saturated rings. The van der Waals surface area contributed by atoms with Gasteiger partial charge in [0.2, 0.25) is 0 Å². The minimum absolute atomic E-state index is 0.164. The molecule has 96 valence electrons. The van der Waals surface area contributed by atoms with Crippen molar-refractivity contribution in [3.8, 4) is 0 Å². The molecule has 0 aromatic rings. The van der Waals surface area contributed by atoms with Gasteiger partial charge in [0, 0.05) is 18.6 Å². The molecule has 3 atom stereocenters. The standard InChI is InChI=1S/C13H28N2O/c1-5-11(14)12(13(2,3)4)15-8-6-7-10(16)9-15/h10-12,16H,5-9,14H2,1-4H3. The summed E-state index contributed by atoms with van der Waals surface area (Å²) in [6.45, 7) is 10.7. The summed E-state index contributed by atoms with van der Waals surface area (Å²) in [6.07, 6.45) is 2.86. The molecule has 1 aliphatic rings. The second kappa shape index (κ2) is 5.48. The van der Waals surface area contributed by atoms with Crippen LogP contribution in [0.2, 0.25) is 0 Å². The molecule has 0 amide bonds. The lowest BCUT2D eigenvalue weighted by Gasteiger charge is -2.46. The Morgan fingerprint density at radius 1 is 1.44 bits per heavy atom. The van der Waals surface area contributed by atoms with E-state index < -0.39 is 0 Å². The van der Waals surface area contributed by atoms with E-state index in [4.69, 9.17) is 5.73 Å². The van der Waals surface area contributed by atoms with E-state index in [9.17, 15) is 5.11 Å². The average Bonchev–Trinajstić information content (AvgIpc) is 2.15. The zero-order valence-corrected chi connectivity index (χ0v) is 11.2. The molecule has 0 radical (unpaired) electrons. The van der Waals surface area contributed by atoms with E-state index in [1.165, 1.54) is 0 Å². The Morgan fingerprint density at radius 3 is 2.50 bits per heavy atom. The van der Waals surface area contributed by atoms with Gasteiger partial charge in [-0.25, -0.2) is 0 Å². The number of hydrogen-bond acceptors (Lipinski definition) is 3. The van der Waals surface area contributed by atoms with Crippen LogP contribution in [-0.2, 0) is 0 Å². The van der Waals surface area contributed by atoms with Crippen LogP contribution in [-0.4, -0.2) is 41.3 Å². The van der Waals surface area contributed by atoms with Crippen molar-refractivity contribution in [1.29, 1.82) is 0 Å². The first-order valence-electron chi connectivity index (χ1n) is 6.54. The highest BCUT2D eigenvalue weighted by atomic mass is 16.3. The van der Waals surface area contributed by atoms with Crippen molar-refractivity contribution in [2.45, 2.75) is 65.1 Å². The van der Waals surface area contributed by atoms with Crippen LogP contribution in [0, 0.1) is 5.41 Å². The predicted octanol–water partition coefficient (Wildman–Crippen LogP) is 1.60. The fourth-order valence-electron chi connectivity index (χ4n) is 2.92. The fourth-order valence-corrected chi connectivity index (χ4v) is 2.92. The second-order valence-electron chi connectivity index (χ2n) is 6.17. The Balaban J connectivity index is 2.75. The van der Waals surface area contributed by atoms with E-state index in [1.54, 1.807) is 0 Å². The van der Waals surface area contributed by atoms with E-state index in [-0.39, 0.29) is 17.6 Å². The summed E-state index contributed by atoms with van der Waals surface area (Å²) in [5.41, 5.74) is 6.43. The first-order chi connectivity index (χ1) is 7.36. The highest BCUT2D eigenvalue weighted by Crippen LogP contribution is 2.29. The first-order valence-corrected chi connectivity index (χ1v) is 6.54. The number of aliphatic hydroxyl groups excluding tert-OH is 1. The smallest absolute Gasteiger partial charge is 0.0667 e. The molecule has 1 aliphatic heterocycles. The minimum atomic E-state index is -0.164. The van der Waals surface area contributed by atoms with Gasteiger partial charge in [0.25, 0.3) is 0 Å². The average molecular weight is 228 g/mol. The lowest BCUT2D eigenvalue weighted by atomic mass is 9.79. The molecule has 1 saturated heterocycles. The van der Waals surface area contributed by atoms with Gasteiger partial charge in [-0.05, 0) is 31.2 Å². The maximum atomic E-state index is 9.77. The van der Waals surface area contributed by atoms with Crippen LogP contribution in [0.15, 0.2) is 0 Å². The highest BCUT2D eigenvalue weighted by molar-refractivity contribution is 4.92. The van der Waals surface area contributed by atoms with Gasteiger partial charge < -0.3 is 10.8 Å². The van der Waals surface area contributed by atoms with Crippen LogP contribution in [0.1, 0.15) is 47.0 Å². The van der Waals surface area contributed by atoms with Crippen LogP contribution < -0.4 is 5.73 Å². The van der Waals surface area contributed by atoms with Gasteiger partial charge in [0.15, 0.2) is 0 Å². The molecule has 0 aromatic carbocycles. The van der Waals surface area contributed by atoms with E-state index in [0.717, 1.165) is 32.4 Å². The maximum Gasteiger partial charge on any atom is 0.0667 e. The molecule has 16 heavy (non-hydrogen) atoms. The molecule has 3 nitrogen and oxygen atoms in total. The van der Waals surface area contributed by atoms with E-state index in [0.29, 0.717) is 6.04 Å². The van der Waals surface area contributed by atoms with Gasteiger partial charge in [-0.1, -0.05) is 27.7 Å². The Hall–Kier alpha value is -0.120. The van der Waals surface area contributed by atoms with Crippen molar-refractivity contribution in [2.24, 2.45) is 11.1 Å². The van der Waals surface area contributed by atoms with Crippen LogP contribution in [0.3, 0.4) is 0 Å². The van der Waals surface area contributed by atoms with Crippen LogP contribution in [0.4, 0.5) is 0 Å². The van der Waals surface area contributed by atoms with Gasteiger partial charge in [0.1, 0.15) is 0 Å². The van der Waals surface area contributed by atoms with Crippen LogP contribution in [0.5, 0.6) is 0 Å². The van der Waals surface area contributed by atoms with Gasteiger partial charge in [-0.15, -0.1) is 0 Å². The van der Waals surface area contributed by atoms with Gasteiger partial charge >= 0.3 is 0 Å². The molecule has 0 aromatic heterocycles. The highest BCUT2D eigenvalue weighted by Gasteiger charge is 2.36. The normalized spacial score (nSPS) is 27.8. The topological polar surface area (TPSA) is 49.5 Å². The van der Waals surface area contributed by atoms with Gasteiger partial charge in [-0.2, -0.15) is 0 Å². The fraction of sp³-hybridized carbons (Fsp3) is 1.00. The molecule has 3 N–H and O–H groups in total. The first kappa shape index (κ1) is 13.9. The summed E-state index contributed by atoms with van der Waals surface area (Å²) in [4.78, 5) is 2.39. The van der Waals surface area contributed by atoms with Crippen molar-refractivity contribution in [1.82, 2.24) is 4.90 Å². The summed E-state index contributed by atoms with van der Waals surface area (Å²) >= 11 is 0. The quantitative estimate of drug-likeness (QED) is 0.771. The Bertz CT molecular complexity index is 212. The molecular formula is C13H28N2O. The third-order valence-corrected chi connectivity index (χ3v) is 3.59. The molecule has 0 saturated carbocycles. The Morgan fingerprint density at radius 2 is 2.06 bits per heavy atom. The number of hydrogen-bond donors (Lipinski definition) is 2. The molecule has 3 unspecified atom stereocenters. The molecule has 1 heterocycles. The third kappa shape index (κ3) is 3.44. The Kier molecular flexibility index (Phi) is 4.77. The zero-order chi connectivity index (χ0) is 12.3. The molecular weight excluding hydrogens is 200 g/mol. The molecule has 3 heteroatoms. The monoisotopic (exact) mass is 228 g/mol. The summed E-state index contributed by atoms with van der Waals surface area (Å²) in [6, 6.07) is 0.567. The van der Waals surface area contributed by atoms with Crippen LogP contribution in [0.25, 0.3) is 0 Å². The SMILES string of the molecule is CCC(N)C(N1CCCC(O)C1)C(C)(C)C. The number of rotatable bonds is 3. The number of nitrogens with zero attached hydrogens (tertiary/aromatic N) is 1. The molecule has 0 bridgehead atoms. The van der Waals surface area contributed by atoms with E-state index >= 15 is 0 Å². The second-order valence-corrected chi connectivity index (χ2v) is 6.17.